The van der Waals surface area contributed by atoms with Gasteiger partial charge in [-0.2, -0.15) is 0 Å². The Balaban J connectivity index is 2.33. The molecule has 0 radical (unpaired) electrons. The molecule has 14 heavy (non-hydrogen) atoms. The largest absolute Gasteiger partial charge is 0.340 e. The number of amides is 1. The highest BCUT2D eigenvalue weighted by atomic mass is 16.2. The number of carbonyl (C=O) groups is 1. The predicted octanol–water partition coefficient (Wildman–Crippen LogP) is 1.10. The normalized spacial score (nSPS) is 19.9. The Bertz CT molecular complexity index is 186. The van der Waals surface area contributed by atoms with Crippen LogP contribution in [0.15, 0.2) is 0 Å². The van der Waals surface area contributed by atoms with E-state index in [2.05, 4.69) is 26.1 Å². The van der Waals surface area contributed by atoms with Crippen molar-refractivity contribution in [2.45, 2.75) is 27.2 Å². The van der Waals surface area contributed by atoms with Crippen molar-refractivity contribution in [3.8, 4) is 0 Å². The van der Waals surface area contributed by atoms with Crippen molar-refractivity contribution in [3.05, 3.63) is 0 Å². The van der Waals surface area contributed by atoms with E-state index in [-0.39, 0.29) is 0 Å². The number of piperazine rings is 1. The summed E-state index contributed by atoms with van der Waals surface area (Å²) in [6.07, 6.45) is 0.706. The van der Waals surface area contributed by atoms with Crippen LogP contribution in [0, 0.1) is 11.8 Å². The zero-order valence-corrected chi connectivity index (χ0v) is 9.55. The molecular weight excluding hydrogens is 176 g/mol. The van der Waals surface area contributed by atoms with Crippen molar-refractivity contribution in [1.29, 1.82) is 0 Å². The summed E-state index contributed by atoms with van der Waals surface area (Å²) in [7, 11) is 0. The van der Waals surface area contributed by atoms with Gasteiger partial charge in [0.05, 0.1) is 0 Å². The maximum Gasteiger partial charge on any atom is 0.222 e. The second-order valence-corrected chi connectivity index (χ2v) is 4.56. The number of rotatable bonds is 3. The molecule has 0 spiro atoms. The minimum atomic E-state index is 0.327. The first-order valence-electron chi connectivity index (χ1n) is 5.59. The van der Waals surface area contributed by atoms with Gasteiger partial charge in [-0.05, 0) is 11.8 Å². The molecule has 1 atom stereocenters. The van der Waals surface area contributed by atoms with Crippen LogP contribution in [0.5, 0.6) is 0 Å². The van der Waals surface area contributed by atoms with Crippen LogP contribution >= 0.6 is 0 Å². The highest BCUT2D eigenvalue weighted by Crippen LogP contribution is 2.15. The van der Waals surface area contributed by atoms with Gasteiger partial charge in [-0.1, -0.05) is 20.8 Å². The van der Waals surface area contributed by atoms with Gasteiger partial charge < -0.3 is 10.2 Å². The van der Waals surface area contributed by atoms with Crippen LogP contribution in [-0.4, -0.2) is 37.0 Å². The number of hydrogen-bond acceptors (Lipinski definition) is 2. The SMILES string of the molecule is CC(C)C(C)CC(=O)N1CCNCC1. The Morgan fingerprint density at radius 3 is 2.36 bits per heavy atom. The van der Waals surface area contributed by atoms with Crippen LogP contribution in [-0.2, 0) is 4.79 Å². The summed E-state index contributed by atoms with van der Waals surface area (Å²) in [5.74, 6) is 1.42. The van der Waals surface area contributed by atoms with Crippen molar-refractivity contribution in [3.63, 3.8) is 0 Å². The van der Waals surface area contributed by atoms with Crippen molar-refractivity contribution in [2.24, 2.45) is 11.8 Å². The van der Waals surface area contributed by atoms with Crippen LogP contribution in [0.4, 0.5) is 0 Å². The Labute approximate surface area is 86.9 Å². The monoisotopic (exact) mass is 198 g/mol. The molecule has 1 rings (SSSR count). The lowest BCUT2D eigenvalue weighted by Gasteiger charge is -2.29. The van der Waals surface area contributed by atoms with E-state index in [0.717, 1.165) is 26.2 Å². The first-order chi connectivity index (χ1) is 6.61. The molecule has 1 unspecified atom stereocenters. The molecule has 1 amide bonds. The summed E-state index contributed by atoms with van der Waals surface area (Å²) in [6.45, 7) is 10.2. The topological polar surface area (TPSA) is 32.3 Å². The second kappa shape index (κ2) is 5.35. The van der Waals surface area contributed by atoms with Crippen LogP contribution in [0.3, 0.4) is 0 Å². The maximum atomic E-state index is 11.8. The fourth-order valence-electron chi connectivity index (χ4n) is 1.55. The lowest BCUT2D eigenvalue weighted by Crippen LogP contribution is -2.46. The van der Waals surface area contributed by atoms with Gasteiger partial charge in [0.2, 0.25) is 5.91 Å². The minimum absolute atomic E-state index is 0.327. The molecule has 3 heteroatoms. The molecular formula is C11H22N2O. The first kappa shape index (κ1) is 11.5. The number of hydrogen-bond donors (Lipinski definition) is 1. The lowest BCUT2D eigenvalue weighted by molar-refractivity contribution is -0.132. The highest BCUT2D eigenvalue weighted by Gasteiger charge is 2.19. The standard InChI is InChI=1S/C11H22N2O/c1-9(2)10(3)8-11(14)13-6-4-12-5-7-13/h9-10,12H,4-8H2,1-3H3. The van der Waals surface area contributed by atoms with Crippen molar-refractivity contribution in [2.75, 3.05) is 26.2 Å². The quantitative estimate of drug-likeness (QED) is 0.736. The van der Waals surface area contributed by atoms with Gasteiger partial charge in [0.25, 0.3) is 0 Å². The molecule has 1 saturated heterocycles. The number of carbonyl (C=O) groups excluding carboxylic acids is 1. The van der Waals surface area contributed by atoms with Crippen LogP contribution < -0.4 is 5.32 Å². The Morgan fingerprint density at radius 1 is 1.29 bits per heavy atom. The molecule has 1 fully saturated rings. The average Bonchev–Trinajstić information content (AvgIpc) is 2.19. The van der Waals surface area contributed by atoms with Crippen LogP contribution in [0.1, 0.15) is 27.2 Å². The summed E-state index contributed by atoms with van der Waals surface area (Å²) in [6, 6.07) is 0. The van der Waals surface area contributed by atoms with Gasteiger partial charge in [0, 0.05) is 32.6 Å². The highest BCUT2D eigenvalue weighted by molar-refractivity contribution is 5.76. The third kappa shape index (κ3) is 3.29. The second-order valence-electron chi connectivity index (χ2n) is 4.56. The van der Waals surface area contributed by atoms with Crippen molar-refractivity contribution >= 4 is 5.91 Å². The molecule has 0 aromatic heterocycles. The Morgan fingerprint density at radius 2 is 1.86 bits per heavy atom. The van der Waals surface area contributed by atoms with Gasteiger partial charge >= 0.3 is 0 Å². The predicted molar refractivity (Wildman–Crippen MR) is 58.1 cm³/mol. The zero-order chi connectivity index (χ0) is 10.6. The van der Waals surface area contributed by atoms with E-state index in [1.165, 1.54) is 0 Å². The smallest absolute Gasteiger partial charge is 0.222 e. The molecule has 0 aromatic rings. The number of nitrogens with one attached hydrogen (secondary N) is 1. The molecule has 82 valence electrons. The van der Waals surface area contributed by atoms with Crippen LogP contribution in [0.2, 0.25) is 0 Å². The van der Waals surface area contributed by atoms with Crippen LogP contribution in [0.25, 0.3) is 0 Å². The third-order valence-corrected chi connectivity index (χ3v) is 3.10. The summed E-state index contributed by atoms with van der Waals surface area (Å²) in [5.41, 5.74) is 0. The molecule has 1 N–H and O–H groups in total. The third-order valence-electron chi connectivity index (χ3n) is 3.10. The van der Waals surface area contributed by atoms with E-state index in [4.69, 9.17) is 0 Å². The molecule has 1 aliphatic heterocycles. The Kier molecular flexibility index (Phi) is 4.39. The molecule has 0 saturated carbocycles. The fraction of sp³-hybridized carbons (Fsp3) is 0.909. The molecule has 1 aliphatic rings. The van der Waals surface area contributed by atoms with E-state index in [0.29, 0.717) is 24.2 Å². The van der Waals surface area contributed by atoms with Crippen molar-refractivity contribution < 1.29 is 4.79 Å². The average molecular weight is 198 g/mol. The van der Waals surface area contributed by atoms with E-state index in [9.17, 15) is 4.79 Å². The summed E-state index contributed by atoms with van der Waals surface area (Å²) < 4.78 is 0. The Hall–Kier alpha value is -0.570. The molecule has 1 heterocycles. The van der Waals surface area contributed by atoms with E-state index >= 15 is 0 Å². The van der Waals surface area contributed by atoms with Gasteiger partial charge in [-0.15, -0.1) is 0 Å². The zero-order valence-electron chi connectivity index (χ0n) is 9.55. The fourth-order valence-corrected chi connectivity index (χ4v) is 1.55. The molecule has 0 bridgehead atoms. The summed E-state index contributed by atoms with van der Waals surface area (Å²) in [5, 5.41) is 3.25. The first-order valence-corrected chi connectivity index (χ1v) is 5.59. The molecule has 0 aliphatic carbocycles. The van der Waals surface area contributed by atoms with E-state index < -0.39 is 0 Å². The van der Waals surface area contributed by atoms with Gasteiger partial charge in [-0.3, -0.25) is 4.79 Å². The van der Waals surface area contributed by atoms with Gasteiger partial charge in [0.1, 0.15) is 0 Å². The lowest BCUT2D eigenvalue weighted by atomic mass is 9.94. The minimum Gasteiger partial charge on any atom is -0.340 e. The number of nitrogens with zero attached hydrogens (tertiary/aromatic N) is 1. The molecule has 3 nitrogen and oxygen atoms in total. The summed E-state index contributed by atoms with van der Waals surface area (Å²) in [4.78, 5) is 13.8. The molecule has 0 aromatic carbocycles. The van der Waals surface area contributed by atoms with Gasteiger partial charge in [-0.25, -0.2) is 0 Å². The van der Waals surface area contributed by atoms with Gasteiger partial charge in [0.15, 0.2) is 0 Å². The maximum absolute atomic E-state index is 11.8. The van der Waals surface area contributed by atoms with Crippen molar-refractivity contribution in [1.82, 2.24) is 10.2 Å². The van der Waals surface area contributed by atoms with E-state index in [1.807, 2.05) is 4.90 Å². The summed E-state index contributed by atoms with van der Waals surface area (Å²) >= 11 is 0. The van der Waals surface area contributed by atoms with E-state index in [1.54, 1.807) is 0 Å².